The van der Waals surface area contributed by atoms with Gasteiger partial charge in [-0.1, -0.05) is 42.5 Å². The van der Waals surface area contributed by atoms with Gasteiger partial charge in [-0.2, -0.15) is 5.26 Å². The minimum atomic E-state index is 0.732. The van der Waals surface area contributed by atoms with Crippen LogP contribution in [0.25, 0.3) is 11.1 Å². The normalized spacial score (nSPS) is 13.2. The van der Waals surface area contributed by atoms with Gasteiger partial charge in [-0.15, -0.1) is 0 Å². The first-order valence-electron chi connectivity index (χ1n) is 6.11. The number of rotatable bonds is 1. The molecule has 0 N–H and O–H groups in total. The first kappa shape index (κ1) is 10.9. The van der Waals surface area contributed by atoms with E-state index in [1.807, 2.05) is 0 Å². The van der Waals surface area contributed by atoms with Gasteiger partial charge in [0, 0.05) is 0 Å². The van der Waals surface area contributed by atoms with E-state index in [0.29, 0.717) is 0 Å². The van der Waals surface area contributed by atoms with Crippen LogP contribution < -0.4 is 0 Å². The molecule has 0 bridgehead atoms. The van der Waals surface area contributed by atoms with Crippen molar-refractivity contribution in [1.29, 1.82) is 5.26 Å². The molecule has 88 valence electrons. The molecule has 2 aromatic carbocycles. The van der Waals surface area contributed by atoms with Crippen molar-refractivity contribution in [2.75, 3.05) is 0 Å². The van der Waals surface area contributed by atoms with Gasteiger partial charge in [0.25, 0.3) is 0 Å². The Bertz CT molecular complexity index is 638. The molecule has 0 radical (unpaired) electrons. The summed E-state index contributed by atoms with van der Waals surface area (Å²) in [5.41, 5.74) is 6.39. The van der Waals surface area contributed by atoms with Gasteiger partial charge in [0.15, 0.2) is 6.19 Å². The lowest BCUT2D eigenvalue weighted by atomic mass is 9.94. The van der Waals surface area contributed by atoms with Crippen LogP contribution in [0, 0.1) is 18.4 Å². The lowest BCUT2D eigenvalue weighted by Crippen LogP contribution is -2.07. The Labute approximate surface area is 107 Å². The van der Waals surface area contributed by atoms with E-state index in [-0.39, 0.29) is 0 Å². The molecule has 0 aromatic heterocycles. The van der Waals surface area contributed by atoms with Gasteiger partial charge in [0.2, 0.25) is 0 Å². The third-order valence-corrected chi connectivity index (χ3v) is 3.56. The molecule has 0 saturated heterocycles. The third kappa shape index (κ3) is 1.65. The second-order valence-corrected chi connectivity index (χ2v) is 4.71. The predicted octanol–water partition coefficient (Wildman–Crippen LogP) is 3.46. The van der Waals surface area contributed by atoms with Gasteiger partial charge in [-0.05, 0) is 34.7 Å². The maximum atomic E-state index is 9.03. The summed E-state index contributed by atoms with van der Waals surface area (Å²) in [6, 6.07) is 14.8. The van der Waals surface area contributed by atoms with Crippen molar-refractivity contribution in [1.82, 2.24) is 4.90 Å². The molecule has 1 heterocycles. The fourth-order valence-corrected chi connectivity index (χ4v) is 2.62. The lowest BCUT2D eigenvalue weighted by molar-refractivity contribution is 0.417. The van der Waals surface area contributed by atoms with Crippen molar-refractivity contribution in [2.45, 2.75) is 20.0 Å². The van der Waals surface area contributed by atoms with Crippen LogP contribution in [0.3, 0.4) is 0 Å². The lowest BCUT2D eigenvalue weighted by Gasteiger charge is -2.10. The quantitative estimate of drug-likeness (QED) is 0.706. The van der Waals surface area contributed by atoms with E-state index in [2.05, 4.69) is 55.6 Å². The minimum Gasteiger partial charge on any atom is -0.302 e. The topological polar surface area (TPSA) is 27.0 Å². The van der Waals surface area contributed by atoms with Crippen LogP contribution in [0.5, 0.6) is 0 Å². The van der Waals surface area contributed by atoms with E-state index in [4.69, 9.17) is 5.26 Å². The van der Waals surface area contributed by atoms with E-state index in [0.717, 1.165) is 13.1 Å². The van der Waals surface area contributed by atoms with E-state index < -0.39 is 0 Å². The molecule has 18 heavy (non-hydrogen) atoms. The molecule has 0 fully saturated rings. The van der Waals surface area contributed by atoms with Crippen molar-refractivity contribution in [2.24, 2.45) is 0 Å². The van der Waals surface area contributed by atoms with Crippen molar-refractivity contribution in [3.8, 4) is 17.3 Å². The Balaban J connectivity index is 2.15. The van der Waals surface area contributed by atoms with E-state index in [9.17, 15) is 0 Å². The Morgan fingerprint density at radius 1 is 1.00 bits per heavy atom. The Morgan fingerprint density at radius 2 is 1.78 bits per heavy atom. The summed E-state index contributed by atoms with van der Waals surface area (Å²) in [6.45, 7) is 3.60. The molecule has 0 amide bonds. The maximum absolute atomic E-state index is 9.03. The van der Waals surface area contributed by atoms with Crippen LogP contribution in [0.1, 0.15) is 16.7 Å². The van der Waals surface area contributed by atoms with Crippen LogP contribution in [-0.2, 0) is 13.1 Å². The second-order valence-electron chi connectivity index (χ2n) is 4.71. The van der Waals surface area contributed by atoms with Crippen LogP contribution >= 0.6 is 0 Å². The Kier molecular flexibility index (Phi) is 2.53. The summed E-state index contributed by atoms with van der Waals surface area (Å²) >= 11 is 0. The highest BCUT2D eigenvalue weighted by Crippen LogP contribution is 2.33. The van der Waals surface area contributed by atoms with Gasteiger partial charge in [0.1, 0.15) is 0 Å². The zero-order valence-corrected chi connectivity index (χ0v) is 10.4. The highest BCUT2D eigenvalue weighted by molar-refractivity contribution is 5.72. The zero-order chi connectivity index (χ0) is 12.5. The second kappa shape index (κ2) is 4.19. The molecular weight excluding hydrogens is 220 g/mol. The molecule has 0 atom stereocenters. The highest BCUT2D eigenvalue weighted by atomic mass is 15.1. The maximum Gasteiger partial charge on any atom is 0.179 e. The predicted molar refractivity (Wildman–Crippen MR) is 71.5 cm³/mol. The number of hydrogen-bond acceptors (Lipinski definition) is 2. The zero-order valence-electron chi connectivity index (χ0n) is 10.4. The average Bonchev–Trinajstić information content (AvgIpc) is 2.82. The number of nitrogens with zero attached hydrogens (tertiary/aromatic N) is 2. The molecular formula is C16H14N2. The van der Waals surface area contributed by atoms with Crippen molar-refractivity contribution >= 4 is 0 Å². The summed E-state index contributed by atoms with van der Waals surface area (Å²) in [5.74, 6) is 0. The summed E-state index contributed by atoms with van der Waals surface area (Å²) in [4.78, 5) is 1.80. The Morgan fingerprint density at radius 3 is 2.56 bits per heavy atom. The average molecular weight is 234 g/mol. The SMILES string of the molecule is Cc1ccccc1-c1cccc2c1CN(C#N)C2. The van der Waals surface area contributed by atoms with Crippen molar-refractivity contribution < 1.29 is 0 Å². The highest BCUT2D eigenvalue weighted by Gasteiger charge is 2.21. The van der Waals surface area contributed by atoms with Gasteiger partial charge in [-0.25, -0.2) is 0 Å². The number of benzene rings is 2. The summed E-state index contributed by atoms with van der Waals surface area (Å²) in [6.07, 6.45) is 2.24. The number of fused-ring (bicyclic) bond motifs is 1. The number of aryl methyl sites for hydroxylation is 1. The molecule has 0 saturated carbocycles. The molecule has 1 aliphatic rings. The number of hydrogen-bond donors (Lipinski definition) is 0. The van der Waals surface area contributed by atoms with Crippen LogP contribution in [0.15, 0.2) is 42.5 Å². The van der Waals surface area contributed by atoms with Gasteiger partial charge in [0.05, 0.1) is 13.1 Å². The molecule has 3 rings (SSSR count). The van der Waals surface area contributed by atoms with Crippen LogP contribution in [-0.4, -0.2) is 4.90 Å². The van der Waals surface area contributed by atoms with Gasteiger partial charge in [-0.3, -0.25) is 0 Å². The van der Waals surface area contributed by atoms with Crippen molar-refractivity contribution in [3.63, 3.8) is 0 Å². The van der Waals surface area contributed by atoms with Crippen LogP contribution in [0.2, 0.25) is 0 Å². The molecule has 2 nitrogen and oxygen atoms in total. The summed E-state index contributed by atoms with van der Waals surface area (Å²) < 4.78 is 0. The minimum absolute atomic E-state index is 0.732. The molecule has 1 aliphatic heterocycles. The molecule has 2 heteroatoms. The van der Waals surface area contributed by atoms with E-state index in [1.54, 1.807) is 4.90 Å². The van der Waals surface area contributed by atoms with Gasteiger partial charge < -0.3 is 4.90 Å². The van der Waals surface area contributed by atoms with Crippen molar-refractivity contribution in [3.05, 3.63) is 59.2 Å². The smallest absolute Gasteiger partial charge is 0.179 e. The van der Waals surface area contributed by atoms with Crippen LogP contribution in [0.4, 0.5) is 0 Å². The fourth-order valence-electron chi connectivity index (χ4n) is 2.62. The fraction of sp³-hybridized carbons (Fsp3) is 0.188. The number of nitriles is 1. The standard InChI is InChI=1S/C16H14N2/c1-12-5-2-3-7-14(12)15-8-4-6-13-9-18(11-17)10-16(13)15/h2-8H,9-10H2,1H3. The largest absolute Gasteiger partial charge is 0.302 e. The molecule has 0 aliphatic carbocycles. The summed E-state index contributed by atoms with van der Waals surface area (Å²) in [7, 11) is 0. The molecule has 0 unspecified atom stereocenters. The third-order valence-electron chi connectivity index (χ3n) is 3.56. The van der Waals surface area contributed by atoms with Gasteiger partial charge >= 0.3 is 0 Å². The first-order chi connectivity index (χ1) is 8.79. The first-order valence-corrected chi connectivity index (χ1v) is 6.11. The molecule has 0 spiro atoms. The van der Waals surface area contributed by atoms with E-state index >= 15 is 0 Å². The van der Waals surface area contributed by atoms with E-state index in [1.165, 1.54) is 27.8 Å². The monoisotopic (exact) mass is 234 g/mol. The Hall–Kier alpha value is -2.27. The summed E-state index contributed by atoms with van der Waals surface area (Å²) in [5, 5.41) is 9.03. The molecule has 2 aromatic rings.